The van der Waals surface area contributed by atoms with Crippen molar-refractivity contribution in [2.45, 2.75) is 11.3 Å². The predicted octanol–water partition coefficient (Wildman–Crippen LogP) is 3.95. The fourth-order valence-electron chi connectivity index (χ4n) is 3.39. The summed E-state index contributed by atoms with van der Waals surface area (Å²) in [5.74, 6) is -0.462. The topological polar surface area (TPSA) is 96.6 Å². The Balaban J connectivity index is 1.39. The van der Waals surface area contributed by atoms with Crippen LogP contribution in [0, 0.1) is 15.9 Å². The van der Waals surface area contributed by atoms with Crippen LogP contribution in [0.25, 0.3) is 0 Å². The molecule has 0 radical (unpaired) electrons. The van der Waals surface area contributed by atoms with Gasteiger partial charge in [0.05, 0.1) is 20.5 Å². The maximum absolute atomic E-state index is 13.3. The maximum atomic E-state index is 13.3. The van der Waals surface area contributed by atoms with Crippen molar-refractivity contribution in [3.63, 3.8) is 0 Å². The first-order valence-electron chi connectivity index (χ1n) is 9.62. The van der Waals surface area contributed by atoms with E-state index in [4.69, 9.17) is 11.6 Å². The Morgan fingerprint density at radius 2 is 1.81 bits per heavy atom. The minimum atomic E-state index is -3.73. The number of nitro groups is 1. The van der Waals surface area contributed by atoms with Crippen LogP contribution in [-0.4, -0.2) is 48.8 Å². The van der Waals surface area contributed by atoms with Crippen LogP contribution in [0.5, 0.6) is 0 Å². The van der Waals surface area contributed by atoms with Crippen molar-refractivity contribution in [2.24, 2.45) is 0 Å². The van der Waals surface area contributed by atoms with E-state index < -0.39 is 20.8 Å². The second-order valence-electron chi connectivity index (χ2n) is 7.19. The zero-order valence-electron chi connectivity index (χ0n) is 16.6. The molecule has 2 heterocycles. The molecule has 3 aromatic rings. The number of nitro benzene ring substituents is 1. The Labute approximate surface area is 193 Å². The van der Waals surface area contributed by atoms with Gasteiger partial charge in [-0.2, -0.15) is 4.31 Å². The first-order valence-corrected chi connectivity index (χ1v) is 12.3. The average Bonchev–Trinajstić information content (AvgIpc) is 3.25. The SMILES string of the molecule is O=[N+]([O-])c1ccc(S(=O)(=O)N2CCN(c3nc(Cc4ccc(F)c(Cl)c4)cs3)CC2)cc1. The molecule has 0 unspecified atom stereocenters. The number of benzene rings is 2. The molecule has 8 nitrogen and oxygen atoms in total. The van der Waals surface area contributed by atoms with E-state index in [1.54, 1.807) is 12.1 Å². The lowest BCUT2D eigenvalue weighted by Gasteiger charge is -2.33. The van der Waals surface area contributed by atoms with Gasteiger partial charge in [0.25, 0.3) is 5.69 Å². The number of hydrogen-bond donors (Lipinski definition) is 0. The monoisotopic (exact) mass is 496 g/mol. The molecule has 4 rings (SSSR count). The second kappa shape index (κ2) is 9.10. The molecule has 0 spiro atoms. The zero-order chi connectivity index (χ0) is 22.9. The normalized spacial score (nSPS) is 15.1. The Bertz CT molecular complexity index is 1240. The van der Waals surface area contributed by atoms with Crippen LogP contribution in [0.3, 0.4) is 0 Å². The summed E-state index contributed by atoms with van der Waals surface area (Å²) in [6, 6.07) is 9.47. The van der Waals surface area contributed by atoms with Gasteiger partial charge in [-0.25, -0.2) is 17.8 Å². The first-order chi connectivity index (χ1) is 15.2. The maximum Gasteiger partial charge on any atom is 0.269 e. The number of anilines is 1. The third kappa shape index (κ3) is 4.75. The summed E-state index contributed by atoms with van der Waals surface area (Å²) in [6.45, 7) is 1.51. The molecule has 1 fully saturated rings. The van der Waals surface area contributed by atoms with Gasteiger partial charge in [0.1, 0.15) is 5.82 Å². The molecule has 0 saturated carbocycles. The molecule has 168 valence electrons. The number of nitrogens with zero attached hydrogens (tertiary/aromatic N) is 4. The van der Waals surface area contributed by atoms with E-state index in [-0.39, 0.29) is 28.7 Å². The number of thiazole rings is 1. The van der Waals surface area contributed by atoms with E-state index >= 15 is 0 Å². The molecule has 1 saturated heterocycles. The number of rotatable bonds is 6. The van der Waals surface area contributed by atoms with Gasteiger partial charge in [-0.1, -0.05) is 17.7 Å². The molecule has 0 N–H and O–H groups in total. The van der Waals surface area contributed by atoms with Crippen LogP contribution in [0.1, 0.15) is 11.3 Å². The number of aromatic nitrogens is 1. The Kier molecular flexibility index (Phi) is 6.42. The Morgan fingerprint density at radius 1 is 1.12 bits per heavy atom. The van der Waals surface area contributed by atoms with E-state index in [0.29, 0.717) is 19.5 Å². The Morgan fingerprint density at radius 3 is 2.44 bits per heavy atom. The average molecular weight is 497 g/mol. The molecule has 2 aromatic carbocycles. The lowest BCUT2D eigenvalue weighted by molar-refractivity contribution is -0.384. The van der Waals surface area contributed by atoms with Crippen molar-refractivity contribution in [1.29, 1.82) is 0 Å². The minimum absolute atomic E-state index is 0.0334. The molecular weight excluding hydrogens is 479 g/mol. The molecule has 1 aliphatic rings. The predicted molar refractivity (Wildman–Crippen MR) is 120 cm³/mol. The molecular formula is C20H18ClFN4O4S2. The van der Waals surface area contributed by atoms with Crippen LogP contribution in [0.15, 0.2) is 52.7 Å². The van der Waals surface area contributed by atoms with Crippen molar-refractivity contribution in [1.82, 2.24) is 9.29 Å². The molecule has 32 heavy (non-hydrogen) atoms. The quantitative estimate of drug-likeness (QED) is 0.379. The van der Waals surface area contributed by atoms with Crippen molar-refractivity contribution >= 4 is 43.8 Å². The third-order valence-electron chi connectivity index (χ3n) is 5.10. The molecule has 0 bridgehead atoms. The van der Waals surface area contributed by atoms with Gasteiger partial charge in [-0.3, -0.25) is 10.1 Å². The summed E-state index contributed by atoms with van der Waals surface area (Å²) >= 11 is 7.31. The largest absolute Gasteiger partial charge is 0.345 e. The molecule has 0 amide bonds. The first kappa shape index (κ1) is 22.6. The van der Waals surface area contributed by atoms with E-state index in [1.165, 1.54) is 46.0 Å². The van der Waals surface area contributed by atoms with Crippen molar-refractivity contribution in [2.75, 3.05) is 31.1 Å². The summed E-state index contributed by atoms with van der Waals surface area (Å²) in [6.07, 6.45) is 0.519. The van der Waals surface area contributed by atoms with Gasteiger partial charge >= 0.3 is 0 Å². The number of non-ortho nitro benzene ring substituents is 1. The third-order valence-corrected chi connectivity index (χ3v) is 8.26. The number of piperazine rings is 1. The summed E-state index contributed by atoms with van der Waals surface area (Å²) in [4.78, 5) is 16.9. The van der Waals surface area contributed by atoms with E-state index in [2.05, 4.69) is 4.98 Å². The molecule has 0 aliphatic carbocycles. The van der Waals surface area contributed by atoms with Gasteiger partial charge in [0, 0.05) is 50.1 Å². The standard InChI is InChI=1S/C20H18ClFN4O4S2/c21-18-12-14(1-6-19(18)22)11-15-13-31-20(23-15)24-7-9-25(10-8-24)32(29,30)17-4-2-16(3-5-17)26(27)28/h1-6,12-13H,7-11H2. The van der Waals surface area contributed by atoms with E-state index in [1.807, 2.05) is 10.3 Å². The van der Waals surface area contributed by atoms with Crippen LogP contribution in [-0.2, 0) is 16.4 Å². The number of hydrogen-bond acceptors (Lipinski definition) is 7. The lowest BCUT2D eigenvalue weighted by atomic mass is 10.1. The fraction of sp³-hybridized carbons (Fsp3) is 0.250. The van der Waals surface area contributed by atoms with Gasteiger partial charge in [0.2, 0.25) is 10.0 Å². The van der Waals surface area contributed by atoms with Crippen LogP contribution >= 0.6 is 22.9 Å². The number of halogens is 2. The molecule has 1 aromatic heterocycles. The summed E-state index contributed by atoms with van der Waals surface area (Å²) in [5.41, 5.74) is 1.53. The van der Waals surface area contributed by atoms with Crippen molar-refractivity contribution in [3.8, 4) is 0 Å². The van der Waals surface area contributed by atoms with Crippen LogP contribution in [0.2, 0.25) is 5.02 Å². The zero-order valence-corrected chi connectivity index (χ0v) is 19.0. The lowest BCUT2D eigenvalue weighted by Crippen LogP contribution is -2.48. The molecule has 12 heteroatoms. The van der Waals surface area contributed by atoms with Crippen LogP contribution < -0.4 is 4.90 Å². The van der Waals surface area contributed by atoms with E-state index in [9.17, 15) is 22.9 Å². The van der Waals surface area contributed by atoms with Gasteiger partial charge < -0.3 is 4.90 Å². The second-order valence-corrected chi connectivity index (χ2v) is 10.4. The summed E-state index contributed by atoms with van der Waals surface area (Å²) in [7, 11) is -3.73. The van der Waals surface area contributed by atoms with Gasteiger partial charge in [0.15, 0.2) is 5.13 Å². The number of sulfonamides is 1. The fourth-order valence-corrected chi connectivity index (χ4v) is 5.89. The minimum Gasteiger partial charge on any atom is -0.345 e. The van der Waals surface area contributed by atoms with Crippen molar-refractivity contribution < 1.29 is 17.7 Å². The highest BCUT2D eigenvalue weighted by Crippen LogP contribution is 2.26. The highest BCUT2D eigenvalue weighted by Gasteiger charge is 2.29. The smallest absolute Gasteiger partial charge is 0.269 e. The highest BCUT2D eigenvalue weighted by atomic mass is 35.5. The van der Waals surface area contributed by atoms with Gasteiger partial charge in [-0.05, 0) is 29.8 Å². The van der Waals surface area contributed by atoms with E-state index in [0.717, 1.165) is 16.4 Å². The molecule has 1 aliphatic heterocycles. The molecule has 0 atom stereocenters. The summed E-state index contributed by atoms with van der Waals surface area (Å²) in [5, 5.41) is 13.6. The summed E-state index contributed by atoms with van der Waals surface area (Å²) < 4.78 is 40.4. The highest BCUT2D eigenvalue weighted by molar-refractivity contribution is 7.89. The van der Waals surface area contributed by atoms with Crippen LogP contribution in [0.4, 0.5) is 15.2 Å². The van der Waals surface area contributed by atoms with Gasteiger partial charge in [-0.15, -0.1) is 11.3 Å². The Hall–Kier alpha value is -2.60. The van der Waals surface area contributed by atoms with Crippen molar-refractivity contribution in [3.05, 3.63) is 80.1 Å².